The lowest BCUT2D eigenvalue weighted by atomic mass is 9.91. The third kappa shape index (κ3) is 4.35. The normalized spacial score (nSPS) is 31.2. The molecule has 0 aromatic rings. The quantitative estimate of drug-likeness (QED) is 0.802. The van der Waals surface area contributed by atoms with Crippen molar-refractivity contribution in [2.45, 2.75) is 57.2 Å². The van der Waals surface area contributed by atoms with Crippen LogP contribution in [0.5, 0.6) is 0 Å². The van der Waals surface area contributed by atoms with Gasteiger partial charge in [0, 0.05) is 12.6 Å². The summed E-state index contributed by atoms with van der Waals surface area (Å²) in [6, 6.07) is 0.540. The monoisotopic (exact) mass is 292 g/mol. The predicted octanol–water partition coefficient (Wildman–Crippen LogP) is 3.43. The number of hydrogen-bond donors (Lipinski definition) is 1. The van der Waals surface area contributed by atoms with Crippen molar-refractivity contribution < 1.29 is 13.2 Å². The van der Waals surface area contributed by atoms with Gasteiger partial charge >= 0.3 is 6.18 Å². The van der Waals surface area contributed by atoms with Crippen LogP contribution in [0.25, 0.3) is 0 Å². The molecular weight excluding hydrogens is 265 g/mol. The second kappa shape index (κ2) is 7.12. The van der Waals surface area contributed by atoms with Gasteiger partial charge in [-0.1, -0.05) is 19.3 Å². The summed E-state index contributed by atoms with van der Waals surface area (Å²) < 4.78 is 38.0. The van der Waals surface area contributed by atoms with Gasteiger partial charge in [0.1, 0.15) is 0 Å². The van der Waals surface area contributed by atoms with E-state index in [9.17, 15) is 13.2 Å². The average Bonchev–Trinajstić information content (AvgIpc) is 2.63. The highest BCUT2D eigenvalue weighted by molar-refractivity contribution is 4.84. The molecule has 0 radical (unpaired) electrons. The van der Waals surface area contributed by atoms with Gasteiger partial charge in [-0.05, 0) is 51.7 Å². The predicted molar refractivity (Wildman–Crippen MR) is 74.6 cm³/mol. The minimum Gasteiger partial charge on any atom is -0.317 e. The molecule has 1 saturated heterocycles. The molecule has 1 heterocycles. The highest BCUT2D eigenvalue weighted by Crippen LogP contribution is 2.34. The number of alkyl halides is 3. The molecule has 2 atom stereocenters. The molecule has 0 bridgehead atoms. The van der Waals surface area contributed by atoms with E-state index in [4.69, 9.17) is 0 Å². The van der Waals surface area contributed by atoms with E-state index in [2.05, 4.69) is 10.2 Å². The number of rotatable bonds is 3. The van der Waals surface area contributed by atoms with Gasteiger partial charge < -0.3 is 10.2 Å². The van der Waals surface area contributed by atoms with E-state index in [1.54, 1.807) is 0 Å². The van der Waals surface area contributed by atoms with Crippen LogP contribution in [-0.4, -0.2) is 43.8 Å². The molecule has 1 saturated carbocycles. The number of piperidine rings is 1. The van der Waals surface area contributed by atoms with Crippen LogP contribution >= 0.6 is 0 Å². The van der Waals surface area contributed by atoms with E-state index in [1.807, 2.05) is 7.05 Å². The number of nitrogens with zero attached hydrogens (tertiary/aromatic N) is 1. The van der Waals surface area contributed by atoms with Gasteiger partial charge in [0.25, 0.3) is 0 Å². The first-order chi connectivity index (χ1) is 9.50. The number of halogens is 3. The van der Waals surface area contributed by atoms with Gasteiger partial charge in [-0.2, -0.15) is 13.2 Å². The van der Waals surface area contributed by atoms with Gasteiger partial charge in [-0.25, -0.2) is 0 Å². The lowest BCUT2D eigenvalue weighted by molar-refractivity contribution is -0.185. The Morgan fingerprint density at radius 3 is 2.25 bits per heavy atom. The Morgan fingerprint density at radius 2 is 1.65 bits per heavy atom. The molecular formula is C15H27F3N2. The first kappa shape index (κ1) is 16.1. The summed E-state index contributed by atoms with van der Waals surface area (Å²) in [5, 5.41) is 3.41. The number of nitrogens with one attached hydrogen (secondary N) is 1. The van der Waals surface area contributed by atoms with Gasteiger partial charge in [0.05, 0.1) is 5.92 Å². The zero-order valence-electron chi connectivity index (χ0n) is 12.4. The highest BCUT2D eigenvalue weighted by atomic mass is 19.4. The maximum absolute atomic E-state index is 12.7. The van der Waals surface area contributed by atoms with Crippen LogP contribution < -0.4 is 5.32 Å². The molecule has 5 heteroatoms. The van der Waals surface area contributed by atoms with Gasteiger partial charge in [-0.15, -0.1) is 0 Å². The van der Waals surface area contributed by atoms with Crippen molar-refractivity contribution in [1.82, 2.24) is 10.2 Å². The van der Waals surface area contributed by atoms with Crippen molar-refractivity contribution >= 4 is 0 Å². The zero-order valence-corrected chi connectivity index (χ0v) is 12.4. The summed E-state index contributed by atoms with van der Waals surface area (Å²) in [7, 11) is 2.01. The van der Waals surface area contributed by atoms with E-state index >= 15 is 0 Å². The molecule has 2 rings (SSSR count). The van der Waals surface area contributed by atoms with Crippen LogP contribution in [0.3, 0.4) is 0 Å². The topological polar surface area (TPSA) is 15.3 Å². The Kier molecular flexibility index (Phi) is 5.73. The standard InChI is InChI=1S/C15H27F3N2/c1-19-14-6-4-2-3-5-12(14)11-20-9-7-13(8-10-20)15(16,17)18/h12-14,19H,2-11H2,1H3. The van der Waals surface area contributed by atoms with Crippen LogP contribution in [-0.2, 0) is 0 Å². The van der Waals surface area contributed by atoms with E-state index in [0.717, 1.165) is 6.54 Å². The van der Waals surface area contributed by atoms with Gasteiger partial charge in [0.2, 0.25) is 0 Å². The largest absolute Gasteiger partial charge is 0.391 e. The van der Waals surface area contributed by atoms with E-state index in [1.165, 1.54) is 32.1 Å². The summed E-state index contributed by atoms with van der Waals surface area (Å²) in [5.41, 5.74) is 0. The fraction of sp³-hybridized carbons (Fsp3) is 1.00. The Bertz CT molecular complexity index is 285. The molecule has 2 fully saturated rings. The van der Waals surface area contributed by atoms with E-state index in [-0.39, 0.29) is 12.8 Å². The van der Waals surface area contributed by atoms with E-state index in [0.29, 0.717) is 25.0 Å². The summed E-state index contributed by atoms with van der Waals surface area (Å²) in [4.78, 5) is 2.25. The first-order valence-electron chi connectivity index (χ1n) is 7.97. The van der Waals surface area contributed by atoms with Crippen LogP contribution in [0.15, 0.2) is 0 Å². The SMILES string of the molecule is CNC1CCCCCC1CN1CCC(C(F)(F)F)CC1. The maximum Gasteiger partial charge on any atom is 0.391 e. The Labute approximate surface area is 120 Å². The van der Waals surface area contributed by atoms with Crippen LogP contribution in [0.4, 0.5) is 13.2 Å². The zero-order chi connectivity index (χ0) is 14.6. The number of hydrogen-bond acceptors (Lipinski definition) is 2. The lowest BCUT2D eigenvalue weighted by Crippen LogP contribution is -2.45. The molecule has 0 aromatic heterocycles. The smallest absolute Gasteiger partial charge is 0.317 e. The summed E-state index contributed by atoms with van der Waals surface area (Å²) in [6.07, 6.45) is 2.82. The Balaban J connectivity index is 1.81. The van der Waals surface area contributed by atoms with Crippen molar-refractivity contribution in [3.8, 4) is 0 Å². The molecule has 2 nitrogen and oxygen atoms in total. The molecule has 1 aliphatic heterocycles. The number of likely N-dealkylation sites (tertiary alicyclic amines) is 1. The third-order valence-electron chi connectivity index (χ3n) is 5.07. The van der Waals surface area contributed by atoms with Crippen molar-refractivity contribution in [3.63, 3.8) is 0 Å². The fourth-order valence-electron chi connectivity index (χ4n) is 3.76. The molecule has 0 amide bonds. The van der Waals surface area contributed by atoms with Crippen LogP contribution in [0.1, 0.15) is 44.9 Å². The molecule has 1 aliphatic carbocycles. The maximum atomic E-state index is 12.7. The van der Waals surface area contributed by atoms with Crippen molar-refractivity contribution in [3.05, 3.63) is 0 Å². The summed E-state index contributed by atoms with van der Waals surface area (Å²) in [5.74, 6) is -0.474. The second-order valence-corrected chi connectivity index (χ2v) is 6.41. The molecule has 2 aliphatic rings. The average molecular weight is 292 g/mol. The lowest BCUT2D eigenvalue weighted by Gasteiger charge is -2.36. The van der Waals surface area contributed by atoms with Crippen molar-refractivity contribution in [2.75, 3.05) is 26.7 Å². The van der Waals surface area contributed by atoms with E-state index < -0.39 is 12.1 Å². The second-order valence-electron chi connectivity index (χ2n) is 6.41. The minimum atomic E-state index is -4.00. The highest BCUT2D eigenvalue weighted by Gasteiger charge is 2.41. The van der Waals surface area contributed by atoms with Crippen LogP contribution in [0, 0.1) is 11.8 Å². The molecule has 0 aromatic carbocycles. The van der Waals surface area contributed by atoms with Crippen molar-refractivity contribution in [1.29, 1.82) is 0 Å². The Hall–Kier alpha value is -0.290. The molecule has 0 spiro atoms. The Morgan fingerprint density at radius 1 is 1.00 bits per heavy atom. The molecule has 2 unspecified atom stereocenters. The van der Waals surface area contributed by atoms with Gasteiger partial charge in [-0.3, -0.25) is 0 Å². The summed E-state index contributed by atoms with van der Waals surface area (Å²) >= 11 is 0. The minimum absolute atomic E-state index is 0.278. The summed E-state index contributed by atoms with van der Waals surface area (Å²) in [6.45, 7) is 2.18. The molecule has 1 N–H and O–H groups in total. The van der Waals surface area contributed by atoms with Crippen LogP contribution in [0.2, 0.25) is 0 Å². The van der Waals surface area contributed by atoms with Gasteiger partial charge in [0.15, 0.2) is 0 Å². The molecule has 20 heavy (non-hydrogen) atoms. The molecule has 118 valence electrons. The first-order valence-corrected chi connectivity index (χ1v) is 7.97. The fourth-order valence-corrected chi connectivity index (χ4v) is 3.76. The third-order valence-corrected chi connectivity index (χ3v) is 5.07. The van der Waals surface area contributed by atoms with Crippen molar-refractivity contribution in [2.24, 2.45) is 11.8 Å².